The van der Waals surface area contributed by atoms with E-state index in [0.29, 0.717) is 13.1 Å². The summed E-state index contributed by atoms with van der Waals surface area (Å²) in [5.41, 5.74) is 2.20. The van der Waals surface area contributed by atoms with Crippen molar-refractivity contribution >= 4 is 11.8 Å². The number of guanidine groups is 1. The second kappa shape index (κ2) is 9.67. The Labute approximate surface area is 177 Å². The number of fused-ring (bicyclic) bond motifs is 1. The highest BCUT2D eigenvalue weighted by Crippen LogP contribution is 2.32. The van der Waals surface area contributed by atoms with Crippen molar-refractivity contribution in [2.75, 3.05) is 51.5 Å². The van der Waals surface area contributed by atoms with Crippen LogP contribution in [0.2, 0.25) is 0 Å². The third-order valence-corrected chi connectivity index (χ3v) is 5.30. The van der Waals surface area contributed by atoms with E-state index in [2.05, 4.69) is 51.5 Å². The first-order chi connectivity index (χ1) is 14.7. The highest BCUT2D eigenvalue weighted by Gasteiger charge is 2.15. The van der Waals surface area contributed by atoms with Gasteiger partial charge < -0.3 is 29.9 Å². The maximum absolute atomic E-state index is 5.45. The Balaban J connectivity index is 1.33. The standard InChI is InChI=1S/C22H30N6O2/c1-3-23-22(25-13-17-4-6-19-20(12-17)30-16-29-19)26-15-18-5-7-21(24-14-18)28-10-8-27(2)9-11-28/h4-7,12,14H,3,8-11,13,15-16H2,1-2H3,(H2,23,25,26). The normalized spacial score (nSPS) is 16.6. The molecule has 4 rings (SSSR count). The number of nitrogens with one attached hydrogen (secondary N) is 2. The van der Waals surface area contributed by atoms with Gasteiger partial charge in [0.2, 0.25) is 6.79 Å². The van der Waals surface area contributed by atoms with Crippen LogP contribution in [0.15, 0.2) is 41.5 Å². The molecule has 2 aliphatic rings. The van der Waals surface area contributed by atoms with Gasteiger partial charge in [-0.25, -0.2) is 9.98 Å². The molecule has 1 saturated heterocycles. The van der Waals surface area contributed by atoms with Crippen molar-refractivity contribution in [2.24, 2.45) is 4.99 Å². The predicted molar refractivity (Wildman–Crippen MR) is 118 cm³/mol. The van der Waals surface area contributed by atoms with Crippen LogP contribution >= 0.6 is 0 Å². The van der Waals surface area contributed by atoms with Gasteiger partial charge in [-0.1, -0.05) is 12.1 Å². The summed E-state index contributed by atoms with van der Waals surface area (Å²) in [7, 11) is 2.16. The average Bonchev–Trinajstić information content (AvgIpc) is 3.24. The lowest BCUT2D eigenvalue weighted by Gasteiger charge is -2.33. The van der Waals surface area contributed by atoms with Crippen LogP contribution in [-0.2, 0) is 13.1 Å². The minimum absolute atomic E-state index is 0.290. The summed E-state index contributed by atoms with van der Waals surface area (Å²) in [6.45, 7) is 8.58. The van der Waals surface area contributed by atoms with Crippen LogP contribution in [0.3, 0.4) is 0 Å². The Morgan fingerprint density at radius 3 is 2.60 bits per heavy atom. The smallest absolute Gasteiger partial charge is 0.231 e. The summed E-state index contributed by atoms with van der Waals surface area (Å²) in [6, 6.07) is 10.2. The summed E-state index contributed by atoms with van der Waals surface area (Å²) in [5.74, 6) is 3.41. The monoisotopic (exact) mass is 410 g/mol. The number of piperazine rings is 1. The Bertz CT molecular complexity index is 862. The van der Waals surface area contributed by atoms with Gasteiger partial charge in [0.05, 0.1) is 6.54 Å². The number of hydrogen-bond acceptors (Lipinski definition) is 6. The van der Waals surface area contributed by atoms with Gasteiger partial charge in [0.25, 0.3) is 0 Å². The summed E-state index contributed by atoms with van der Waals surface area (Å²) in [6.07, 6.45) is 1.93. The molecule has 2 aliphatic heterocycles. The van der Waals surface area contributed by atoms with E-state index in [0.717, 1.165) is 67.1 Å². The summed E-state index contributed by atoms with van der Waals surface area (Å²) in [4.78, 5) is 14.0. The van der Waals surface area contributed by atoms with Crippen molar-refractivity contribution in [2.45, 2.75) is 20.0 Å². The lowest BCUT2D eigenvalue weighted by Crippen LogP contribution is -2.44. The fraction of sp³-hybridized carbons (Fsp3) is 0.455. The fourth-order valence-corrected chi connectivity index (χ4v) is 3.48. The minimum Gasteiger partial charge on any atom is -0.454 e. The Morgan fingerprint density at radius 1 is 1.03 bits per heavy atom. The van der Waals surface area contributed by atoms with Gasteiger partial charge in [0.15, 0.2) is 17.5 Å². The van der Waals surface area contributed by atoms with Crippen LogP contribution in [0.4, 0.5) is 5.82 Å². The lowest BCUT2D eigenvalue weighted by molar-refractivity contribution is 0.174. The molecule has 0 radical (unpaired) electrons. The maximum Gasteiger partial charge on any atom is 0.231 e. The molecule has 2 N–H and O–H groups in total. The molecule has 0 spiro atoms. The number of pyridine rings is 1. The molecule has 0 amide bonds. The number of aromatic nitrogens is 1. The molecule has 0 aliphatic carbocycles. The van der Waals surface area contributed by atoms with Crippen LogP contribution in [0.1, 0.15) is 18.1 Å². The van der Waals surface area contributed by atoms with Crippen molar-refractivity contribution < 1.29 is 9.47 Å². The third-order valence-electron chi connectivity index (χ3n) is 5.30. The first-order valence-corrected chi connectivity index (χ1v) is 10.5. The van der Waals surface area contributed by atoms with Crippen molar-refractivity contribution in [1.82, 2.24) is 20.5 Å². The largest absolute Gasteiger partial charge is 0.454 e. The van der Waals surface area contributed by atoms with E-state index in [1.165, 1.54) is 0 Å². The second-order valence-electron chi connectivity index (χ2n) is 7.55. The SMILES string of the molecule is CCNC(=NCc1ccc(N2CCN(C)CC2)nc1)NCc1ccc2c(c1)OCO2. The molecule has 8 nitrogen and oxygen atoms in total. The molecule has 8 heteroatoms. The number of ether oxygens (including phenoxy) is 2. The van der Waals surface area contributed by atoms with Crippen molar-refractivity contribution in [3.8, 4) is 11.5 Å². The molecular formula is C22H30N6O2. The van der Waals surface area contributed by atoms with Gasteiger partial charge in [-0.3, -0.25) is 0 Å². The Morgan fingerprint density at radius 2 is 1.83 bits per heavy atom. The topological polar surface area (TPSA) is 74.3 Å². The lowest BCUT2D eigenvalue weighted by atomic mass is 10.2. The van der Waals surface area contributed by atoms with E-state index in [1.807, 2.05) is 24.4 Å². The predicted octanol–water partition coefficient (Wildman–Crippen LogP) is 1.82. The summed E-state index contributed by atoms with van der Waals surface area (Å²) >= 11 is 0. The van der Waals surface area contributed by atoms with Gasteiger partial charge in [0, 0.05) is 45.5 Å². The summed E-state index contributed by atoms with van der Waals surface area (Å²) < 4.78 is 10.8. The van der Waals surface area contributed by atoms with Crippen molar-refractivity contribution in [1.29, 1.82) is 0 Å². The number of anilines is 1. The molecule has 0 unspecified atom stereocenters. The molecule has 0 bridgehead atoms. The van der Waals surface area contributed by atoms with Crippen LogP contribution in [-0.4, -0.2) is 62.4 Å². The zero-order valence-corrected chi connectivity index (χ0v) is 17.7. The Kier molecular flexibility index (Phi) is 6.53. The van der Waals surface area contributed by atoms with Crippen molar-refractivity contribution in [3.63, 3.8) is 0 Å². The van der Waals surface area contributed by atoms with Gasteiger partial charge >= 0.3 is 0 Å². The molecule has 1 aromatic heterocycles. The third kappa shape index (κ3) is 5.13. The fourth-order valence-electron chi connectivity index (χ4n) is 3.48. The van der Waals surface area contributed by atoms with Gasteiger partial charge in [-0.05, 0) is 43.3 Å². The van der Waals surface area contributed by atoms with E-state index < -0.39 is 0 Å². The van der Waals surface area contributed by atoms with E-state index in [1.54, 1.807) is 0 Å². The van der Waals surface area contributed by atoms with Crippen LogP contribution in [0.25, 0.3) is 0 Å². The number of hydrogen-bond donors (Lipinski definition) is 2. The molecule has 1 fully saturated rings. The molecule has 160 valence electrons. The van der Waals surface area contributed by atoms with Gasteiger partial charge in [-0.2, -0.15) is 0 Å². The molecule has 2 aromatic rings. The molecule has 0 atom stereocenters. The number of benzene rings is 1. The van der Waals surface area contributed by atoms with E-state index >= 15 is 0 Å². The zero-order valence-electron chi connectivity index (χ0n) is 17.7. The molecule has 1 aromatic carbocycles. The molecular weight excluding hydrogens is 380 g/mol. The number of rotatable bonds is 6. The highest BCUT2D eigenvalue weighted by atomic mass is 16.7. The van der Waals surface area contributed by atoms with E-state index in [-0.39, 0.29) is 6.79 Å². The first kappa shape index (κ1) is 20.3. The van der Waals surface area contributed by atoms with Gasteiger partial charge in [0.1, 0.15) is 5.82 Å². The maximum atomic E-state index is 5.45. The highest BCUT2D eigenvalue weighted by molar-refractivity contribution is 5.79. The summed E-state index contributed by atoms with van der Waals surface area (Å²) in [5, 5.41) is 6.67. The molecule has 3 heterocycles. The van der Waals surface area contributed by atoms with E-state index in [9.17, 15) is 0 Å². The van der Waals surface area contributed by atoms with Crippen LogP contribution in [0.5, 0.6) is 11.5 Å². The first-order valence-electron chi connectivity index (χ1n) is 10.5. The van der Waals surface area contributed by atoms with Crippen molar-refractivity contribution in [3.05, 3.63) is 47.7 Å². The molecule has 0 saturated carbocycles. The number of likely N-dealkylation sites (N-methyl/N-ethyl adjacent to an activating group) is 1. The number of nitrogens with zero attached hydrogens (tertiary/aromatic N) is 4. The molecule has 30 heavy (non-hydrogen) atoms. The quantitative estimate of drug-likeness (QED) is 0.556. The van der Waals surface area contributed by atoms with Crippen LogP contribution in [0, 0.1) is 0 Å². The van der Waals surface area contributed by atoms with E-state index in [4.69, 9.17) is 14.5 Å². The Hall–Kier alpha value is -3.00. The zero-order chi connectivity index (χ0) is 20.8. The number of aliphatic imine (C=N–C) groups is 1. The average molecular weight is 411 g/mol. The second-order valence-corrected chi connectivity index (χ2v) is 7.55. The van der Waals surface area contributed by atoms with Gasteiger partial charge in [-0.15, -0.1) is 0 Å². The minimum atomic E-state index is 0.290. The van der Waals surface area contributed by atoms with Crippen LogP contribution < -0.4 is 25.0 Å².